The molecule has 1 fully saturated rings. The minimum absolute atomic E-state index is 0.0951. The lowest BCUT2D eigenvalue weighted by Crippen LogP contribution is -2.40. The summed E-state index contributed by atoms with van der Waals surface area (Å²) in [5.74, 6) is 0.545. The van der Waals surface area contributed by atoms with Crippen molar-refractivity contribution in [3.8, 4) is 5.75 Å². The van der Waals surface area contributed by atoms with Gasteiger partial charge in [-0.3, -0.25) is 4.79 Å². The number of aliphatic hydroxyl groups is 1. The molecule has 2 N–H and O–H groups in total. The van der Waals surface area contributed by atoms with E-state index in [1.807, 2.05) is 31.2 Å². The highest BCUT2D eigenvalue weighted by Crippen LogP contribution is 2.28. The average molecular weight is 279 g/mol. The molecule has 0 saturated carbocycles. The molecule has 1 unspecified atom stereocenters. The zero-order valence-electron chi connectivity index (χ0n) is 12.0. The molecule has 2 rings (SSSR count). The first-order chi connectivity index (χ1) is 9.52. The van der Waals surface area contributed by atoms with Gasteiger partial charge in [-0.15, -0.1) is 0 Å². The Hall–Kier alpha value is -1.59. The fourth-order valence-corrected chi connectivity index (χ4v) is 2.65. The third-order valence-corrected chi connectivity index (χ3v) is 3.78. The summed E-state index contributed by atoms with van der Waals surface area (Å²) in [6.45, 7) is 3.84. The summed E-state index contributed by atoms with van der Waals surface area (Å²) < 4.78 is 10.4. The molecule has 0 aromatic heterocycles. The van der Waals surface area contributed by atoms with Gasteiger partial charge < -0.3 is 19.9 Å². The van der Waals surface area contributed by atoms with Gasteiger partial charge in [-0.1, -0.05) is 19.1 Å². The molecule has 20 heavy (non-hydrogen) atoms. The van der Waals surface area contributed by atoms with Crippen molar-refractivity contribution in [2.24, 2.45) is 0 Å². The van der Waals surface area contributed by atoms with Crippen LogP contribution >= 0.6 is 0 Å². The van der Waals surface area contributed by atoms with Crippen LogP contribution in [0.25, 0.3) is 0 Å². The second-order valence-corrected chi connectivity index (χ2v) is 5.14. The van der Waals surface area contributed by atoms with Gasteiger partial charge in [0.1, 0.15) is 18.0 Å². The van der Waals surface area contributed by atoms with Crippen molar-refractivity contribution in [2.75, 3.05) is 13.7 Å². The number of nitrogens with one attached hydrogen (secondary N) is 1. The number of hydrogen-bond donors (Lipinski definition) is 2. The van der Waals surface area contributed by atoms with Crippen molar-refractivity contribution in [1.29, 1.82) is 0 Å². The van der Waals surface area contributed by atoms with Crippen molar-refractivity contribution < 1.29 is 19.4 Å². The summed E-state index contributed by atoms with van der Waals surface area (Å²) in [5.41, 5.74) is 1.11. The Balaban J connectivity index is 2.13. The molecule has 5 nitrogen and oxygen atoms in total. The van der Waals surface area contributed by atoms with E-state index >= 15 is 0 Å². The summed E-state index contributed by atoms with van der Waals surface area (Å²) in [5, 5.41) is 13.2. The molecule has 5 heteroatoms. The standard InChI is InChI=1S/C15H21NO4/c1-9(11-4-6-12(19-3)7-5-11)14-15(20-10(2)17)13(18)8-16-14/h4-7,9,13-16,18H,8H2,1-3H3/t9?,13-,14+,15+/m0/s1. The fourth-order valence-electron chi connectivity index (χ4n) is 2.65. The van der Waals surface area contributed by atoms with E-state index in [2.05, 4.69) is 5.32 Å². The fraction of sp³-hybridized carbons (Fsp3) is 0.533. The number of rotatable bonds is 4. The van der Waals surface area contributed by atoms with Crippen LogP contribution in [0.3, 0.4) is 0 Å². The quantitative estimate of drug-likeness (QED) is 0.807. The third-order valence-electron chi connectivity index (χ3n) is 3.78. The molecule has 4 atom stereocenters. The normalized spacial score (nSPS) is 27.1. The molecule has 0 radical (unpaired) electrons. The molecule has 0 bridgehead atoms. The third kappa shape index (κ3) is 3.11. The number of methoxy groups -OCH3 is 1. The zero-order valence-corrected chi connectivity index (χ0v) is 12.0. The minimum Gasteiger partial charge on any atom is -0.497 e. The van der Waals surface area contributed by atoms with Crippen molar-refractivity contribution in [2.45, 2.75) is 38.0 Å². The van der Waals surface area contributed by atoms with E-state index in [-0.39, 0.29) is 17.9 Å². The first-order valence-electron chi connectivity index (χ1n) is 6.75. The van der Waals surface area contributed by atoms with Crippen molar-refractivity contribution >= 4 is 5.97 Å². The van der Waals surface area contributed by atoms with Crippen LogP contribution < -0.4 is 10.1 Å². The molecular weight excluding hydrogens is 258 g/mol. The Kier molecular flexibility index (Phi) is 4.62. The topological polar surface area (TPSA) is 67.8 Å². The van der Waals surface area contributed by atoms with Crippen LogP contribution in [-0.2, 0) is 9.53 Å². The highest BCUT2D eigenvalue weighted by molar-refractivity contribution is 5.66. The first-order valence-corrected chi connectivity index (χ1v) is 6.75. The highest BCUT2D eigenvalue weighted by Gasteiger charge is 2.40. The number of carbonyl (C=O) groups is 1. The van der Waals surface area contributed by atoms with Crippen LogP contribution in [0.4, 0.5) is 0 Å². The number of β-amino-alcohol motifs (C(OH)–C–C–N with tert-alkyl or cyclic N) is 1. The van der Waals surface area contributed by atoms with E-state index in [4.69, 9.17) is 9.47 Å². The molecule has 1 aromatic carbocycles. The number of ether oxygens (including phenoxy) is 2. The molecule has 1 heterocycles. The lowest BCUT2D eigenvalue weighted by atomic mass is 9.90. The predicted octanol–water partition coefficient (Wildman–Crippen LogP) is 1.06. The second-order valence-electron chi connectivity index (χ2n) is 5.14. The maximum atomic E-state index is 11.2. The van der Waals surface area contributed by atoms with Crippen molar-refractivity contribution in [3.63, 3.8) is 0 Å². The minimum atomic E-state index is -0.662. The lowest BCUT2D eigenvalue weighted by molar-refractivity contribution is -0.151. The van der Waals surface area contributed by atoms with Gasteiger partial charge in [0.15, 0.2) is 0 Å². The summed E-state index contributed by atoms with van der Waals surface area (Å²) in [7, 11) is 1.63. The highest BCUT2D eigenvalue weighted by atomic mass is 16.6. The van der Waals surface area contributed by atoms with E-state index in [9.17, 15) is 9.90 Å². The van der Waals surface area contributed by atoms with Gasteiger partial charge in [0.2, 0.25) is 0 Å². The van der Waals surface area contributed by atoms with Crippen LogP contribution in [-0.4, -0.2) is 43.0 Å². The molecule has 0 amide bonds. The van der Waals surface area contributed by atoms with E-state index in [0.717, 1.165) is 11.3 Å². The van der Waals surface area contributed by atoms with Crippen LogP contribution in [0.15, 0.2) is 24.3 Å². The Morgan fingerprint density at radius 1 is 1.40 bits per heavy atom. The monoisotopic (exact) mass is 279 g/mol. The maximum Gasteiger partial charge on any atom is 0.303 e. The SMILES string of the molecule is COc1ccc(C(C)[C@H]2NC[C@H](O)[C@H]2OC(C)=O)cc1. The summed E-state index contributed by atoms with van der Waals surface area (Å²) in [6, 6.07) is 7.68. The second kappa shape index (κ2) is 6.24. The first kappa shape index (κ1) is 14.8. The predicted molar refractivity (Wildman–Crippen MR) is 74.8 cm³/mol. The number of hydrogen-bond acceptors (Lipinski definition) is 5. The van der Waals surface area contributed by atoms with Crippen LogP contribution in [0.2, 0.25) is 0 Å². The number of aliphatic hydroxyl groups excluding tert-OH is 1. The Morgan fingerprint density at radius 3 is 2.60 bits per heavy atom. The van der Waals surface area contributed by atoms with Gasteiger partial charge in [0, 0.05) is 19.4 Å². The average Bonchev–Trinajstić information content (AvgIpc) is 2.79. The van der Waals surface area contributed by atoms with E-state index in [1.54, 1.807) is 7.11 Å². The molecular formula is C15H21NO4. The number of esters is 1. The summed E-state index contributed by atoms with van der Waals surface area (Å²) in [6.07, 6.45) is -1.17. The largest absolute Gasteiger partial charge is 0.497 e. The summed E-state index contributed by atoms with van der Waals surface area (Å²) >= 11 is 0. The van der Waals surface area contributed by atoms with Gasteiger partial charge in [-0.05, 0) is 17.7 Å². The van der Waals surface area contributed by atoms with Gasteiger partial charge in [0.25, 0.3) is 0 Å². The molecule has 110 valence electrons. The summed E-state index contributed by atoms with van der Waals surface area (Å²) in [4.78, 5) is 11.2. The van der Waals surface area contributed by atoms with Gasteiger partial charge in [-0.2, -0.15) is 0 Å². The molecule has 1 aliphatic heterocycles. The number of benzene rings is 1. The van der Waals surface area contributed by atoms with E-state index in [1.165, 1.54) is 6.92 Å². The Labute approximate surface area is 118 Å². The number of carbonyl (C=O) groups excluding carboxylic acids is 1. The smallest absolute Gasteiger partial charge is 0.303 e. The molecule has 1 aliphatic rings. The Morgan fingerprint density at radius 2 is 2.05 bits per heavy atom. The van der Waals surface area contributed by atoms with Crippen LogP contribution in [0.5, 0.6) is 5.75 Å². The molecule has 1 saturated heterocycles. The van der Waals surface area contributed by atoms with E-state index in [0.29, 0.717) is 6.54 Å². The van der Waals surface area contributed by atoms with Crippen molar-refractivity contribution in [1.82, 2.24) is 5.32 Å². The zero-order chi connectivity index (χ0) is 14.7. The maximum absolute atomic E-state index is 11.2. The molecule has 0 spiro atoms. The van der Waals surface area contributed by atoms with Gasteiger partial charge in [-0.25, -0.2) is 0 Å². The van der Waals surface area contributed by atoms with Crippen molar-refractivity contribution in [3.05, 3.63) is 29.8 Å². The van der Waals surface area contributed by atoms with Crippen LogP contribution in [0.1, 0.15) is 25.3 Å². The molecule has 0 aliphatic carbocycles. The van der Waals surface area contributed by atoms with Gasteiger partial charge in [0.05, 0.1) is 13.2 Å². The van der Waals surface area contributed by atoms with E-state index < -0.39 is 12.2 Å². The van der Waals surface area contributed by atoms with Gasteiger partial charge >= 0.3 is 5.97 Å². The molecule has 1 aromatic rings. The Bertz CT molecular complexity index is 459. The van der Waals surface area contributed by atoms with Crippen LogP contribution in [0, 0.1) is 0 Å². The lowest BCUT2D eigenvalue weighted by Gasteiger charge is -2.26.